The lowest BCUT2D eigenvalue weighted by molar-refractivity contribution is -0.122. The number of Topliss-reactive ketones (excluding diaryl/α,β-unsaturated/α-hetero) is 1. The normalized spacial score (nSPS) is 24.4. The molecule has 1 saturated heterocycles. The van der Waals surface area contributed by atoms with Crippen LogP contribution in [0.5, 0.6) is 5.88 Å². The lowest BCUT2D eigenvalue weighted by atomic mass is 9.61. The number of hydrogen-bond donors (Lipinski definition) is 3. The van der Waals surface area contributed by atoms with E-state index in [4.69, 9.17) is 32.6 Å². The van der Waals surface area contributed by atoms with Crippen LogP contribution in [0.4, 0.5) is 5.00 Å². The molecule has 9 nitrogen and oxygen atoms in total. The number of hydrogen-bond acceptors (Lipinski definition) is 10. The number of nitrogens with zero attached hydrogens (tertiary/aromatic N) is 4. The fourth-order valence-electron chi connectivity index (χ4n) is 6.93. The van der Waals surface area contributed by atoms with E-state index in [9.17, 15) is 10.1 Å². The van der Waals surface area contributed by atoms with Crippen LogP contribution in [0.3, 0.4) is 0 Å². The summed E-state index contributed by atoms with van der Waals surface area (Å²) < 4.78 is 6.38. The Morgan fingerprint density at radius 3 is 2.83 bits per heavy atom. The zero-order chi connectivity index (χ0) is 29.1. The first kappa shape index (κ1) is 28.9. The lowest BCUT2D eigenvalue weighted by Gasteiger charge is -2.40. The summed E-state index contributed by atoms with van der Waals surface area (Å²) in [4.78, 5) is 27.3. The average molecular weight is 574 g/mol. The second-order valence-electron chi connectivity index (χ2n) is 11.5. The number of likely N-dealkylation sites (N-methyl/N-ethyl adjacent to an activating group) is 1. The highest BCUT2D eigenvalue weighted by Gasteiger charge is 2.49. The molecule has 3 aliphatic rings. The minimum absolute atomic E-state index is 0.0212. The molecule has 0 radical (unpaired) electrons. The summed E-state index contributed by atoms with van der Waals surface area (Å²) in [6.07, 6.45) is 13.3. The first-order chi connectivity index (χ1) is 19.8. The quantitative estimate of drug-likeness (QED) is 0.187. The van der Waals surface area contributed by atoms with E-state index in [0.717, 1.165) is 61.2 Å². The van der Waals surface area contributed by atoms with Crippen LogP contribution in [0, 0.1) is 23.8 Å². The molecule has 0 amide bonds. The van der Waals surface area contributed by atoms with Gasteiger partial charge < -0.3 is 21.5 Å². The molecule has 41 heavy (non-hydrogen) atoms. The highest BCUT2D eigenvalue weighted by molar-refractivity contribution is 7.16. The number of aryl methyl sites for hydroxylation is 2. The Balaban J connectivity index is 1.51. The van der Waals surface area contributed by atoms with Gasteiger partial charge in [0.05, 0.1) is 16.7 Å². The summed E-state index contributed by atoms with van der Waals surface area (Å²) >= 11 is 1.44. The van der Waals surface area contributed by atoms with Crippen molar-refractivity contribution in [3.05, 3.63) is 39.2 Å². The molecule has 0 aromatic carbocycles. The van der Waals surface area contributed by atoms with Gasteiger partial charge in [-0.2, -0.15) is 10.2 Å². The summed E-state index contributed by atoms with van der Waals surface area (Å²) in [5.74, 6) is 0.754. The van der Waals surface area contributed by atoms with Gasteiger partial charge in [-0.1, -0.05) is 6.42 Å². The largest absolute Gasteiger partial charge is 0.473 e. The van der Waals surface area contributed by atoms with E-state index in [-0.39, 0.29) is 11.9 Å². The number of terminal acetylenes is 1. The van der Waals surface area contributed by atoms with Gasteiger partial charge in [0.1, 0.15) is 17.2 Å². The van der Waals surface area contributed by atoms with Gasteiger partial charge in [0.2, 0.25) is 5.88 Å². The van der Waals surface area contributed by atoms with Crippen LogP contribution in [0.15, 0.2) is 11.6 Å². The van der Waals surface area contributed by atoms with Gasteiger partial charge in [0.25, 0.3) is 0 Å². The lowest BCUT2D eigenvalue weighted by Crippen LogP contribution is -2.43. The first-order valence-electron chi connectivity index (χ1n) is 14.6. The van der Waals surface area contributed by atoms with Crippen molar-refractivity contribution < 1.29 is 9.53 Å². The summed E-state index contributed by atoms with van der Waals surface area (Å²) in [5.41, 5.74) is 15.1. The van der Waals surface area contributed by atoms with E-state index < -0.39 is 5.41 Å². The fourth-order valence-corrected chi connectivity index (χ4v) is 8.09. The summed E-state index contributed by atoms with van der Waals surface area (Å²) in [7, 11) is 2.12. The Morgan fingerprint density at radius 1 is 1.34 bits per heavy atom. The van der Waals surface area contributed by atoms with Crippen LogP contribution < -0.4 is 21.5 Å². The molecule has 0 bridgehead atoms. The van der Waals surface area contributed by atoms with Crippen molar-refractivity contribution in [1.29, 1.82) is 5.26 Å². The van der Waals surface area contributed by atoms with Crippen LogP contribution in [-0.2, 0) is 23.1 Å². The van der Waals surface area contributed by atoms with Crippen molar-refractivity contribution in [3.63, 3.8) is 0 Å². The molecule has 3 atom stereocenters. The number of allylic oxidation sites excluding steroid dienone is 1. The molecule has 2 aliphatic carbocycles. The number of aromatic nitrogens is 2. The monoisotopic (exact) mass is 573 g/mol. The average Bonchev–Trinajstić information content (AvgIpc) is 3.54. The summed E-state index contributed by atoms with van der Waals surface area (Å²) in [6.45, 7) is 3.77. The van der Waals surface area contributed by atoms with E-state index in [2.05, 4.69) is 36.3 Å². The van der Waals surface area contributed by atoms with Crippen molar-refractivity contribution in [2.45, 2.75) is 88.7 Å². The molecule has 10 heteroatoms. The van der Waals surface area contributed by atoms with E-state index in [1.807, 2.05) is 6.07 Å². The van der Waals surface area contributed by atoms with Gasteiger partial charge in [-0.25, -0.2) is 4.98 Å². The Kier molecular flexibility index (Phi) is 8.53. The van der Waals surface area contributed by atoms with E-state index in [0.29, 0.717) is 71.8 Å². The number of thiophene rings is 1. The third-order valence-corrected chi connectivity index (χ3v) is 10.0. The topological polar surface area (TPSA) is 143 Å². The van der Waals surface area contributed by atoms with Crippen LogP contribution in [0.25, 0.3) is 5.70 Å². The van der Waals surface area contributed by atoms with Gasteiger partial charge in [0.15, 0.2) is 11.6 Å². The predicted molar refractivity (Wildman–Crippen MR) is 161 cm³/mol. The van der Waals surface area contributed by atoms with Crippen molar-refractivity contribution >= 4 is 27.8 Å². The van der Waals surface area contributed by atoms with Gasteiger partial charge in [0, 0.05) is 40.8 Å². The molecule has 2 fully saturated rings. The standard InChI is InChI=1S/C31H39N7O2S/c1-4-35-15-7-9-20-17-25(40-19(2)23-11-8-16-38(23)3)37-30(36-20)27(33)21-10-5-13-31(28(21)39)14-6-12-24-26(31)22(18-32)29(34)41-24/h1,17,19,23,35H,5-16,33-34H2,2-3H3/t19-,23-,31-/m0/s1. The van der Waals surface area contributed by atoms with Gasteiger partial charge in [-0.15, -0.1) is 11.3 Å². The molecular weight excluding hydrogens is 534 g/mol. The van der Waals surface area contributed by atoms with Crippen LogP contribution >= 0.6 is 11.3 Å². The Morgan fingerprint density at radius 2 is 2.12 bits per heavy atom. The Bertz CT molecular complexity index is 1440. The SMILES string of the molecule is C#CNCCCc1cc(O[C@@H](C)[C@@H]2CCCN2C)nc(C(N)=C2CCC[C@@]3(CCCc4sc(N)c(C#N)c43)C2=O)n1. The summed E-state index contributed by atoms with van der Waals surface area (Å²) in [5, 5.41) is 13.3. The van der Waals surface area contributed by atoms with Gasteiger partial charge in [-0.05, 0) is 90.3 Å². The highest BCUT2D eigenvalue weighted by Crippen LogP contribution is 2.52. The molecule has 1 aliphatic heterocycles. The van der Waals surface area contributed by atoms with Crippen LogP contribution in [-0.4, -0.2) is 52.9 Å². The van der Waals surface area contributed by atoms with E-state index in [1.54, 1.807) is 0 Å². The number of nitrogens with two attached hydrogens (primary N) is 2. The molecule has 0 unspecified atom stereocenters. The third-order valence-electron chi connectivity index (χ3n) is 8.93. The van der Waals surface area contributed by atoms with E-state index in [1.165, 1.54) is 11.3 Å². The molecular formula is C31H39N7O2S. The molecule has 216 valence electrons. The number of ether oxygens (including phenoxy) is 1. The third kappa shape index (κ3) is 5.51. The second-order valence-corrected chi connectivity index (χ2v) is 12.6. The number of ketones is 1. The Hall–Kier alpha value is -3.60. The summed E-state index contributed by atoms with van der Waals surface area (Å²) in [6, 6.07) is 6.90. The fraction of sp³-hybridized carbons (Fsp3) is 0.548. The number of nitriles is 1. The number of carbonyl (C=O) groups excluding carboxylic acids is 1. The maximum atomic E-state index is 14.4. The van der Waals surface area contributed by atoms with Crippen LogP contribution in [0.2, 0.25) is 0 Å². The number of likely N-dealkylation sites (tertiary alicyclic amines) is 1. The number of fused-ring (bicyclic) bond motifs is 2. The number of anilines is 1. The Labute approximate surface area is 246 Å². The van der Waals surface area contributed by atoms with Crippen molar-refractivity contribution in [1.82, 2.24) is 20.2 Å². The zero-order valence-electron chi connectivity index (χ0n) is 24.0. The number of rotatable bonds is 8. The molecule has 1 saturated carbocycles. The molecule has 2 aromatic rings. The molecule has 1 spiro atoms. The molecule has 5 N–H and O–H groups in total. The smallest absolute Gasteiger partial charge is 0.217 e. The highest BCUT2D eigenvalue weighted by atomic mass is 32.1. The first-order valence-corrected chi connectivity index (χ1v) is 15.4. The van der Waals surface area contributed by atoms with Crippen molar-refractivity contribution in [2.24, 2.45) is 5.73 Å². The predicted octanol–water partition coefficient (Wildman–Crippen LogP) is 3.66. The minimum atomic E-state index is -0.773. The molecule has 2 aromatic heterocycles. The van der Waals surface area contributed by atoms with Gasteiger partial charge in [-0.3, -0.25) is 9.69 Å². The van der Waals surface area contributed by atoms with Crippen molar-refractivity contribution in [2.75, 3.05) is 25.9 Å². The van der Waals surface area contributed by atoms with Crippen molar-refractivity contribution in [3.8, 4) is 24.4 Å². The maximum Gasteiger partial charge on any atom is 0.217 e. The molecule has 3 heterocycles. The van der Waals surface area contributed by atoms with Crippen LogP contribution in [0.1, 0.15) is 85.8 Å². The second kappa shape index (κ2) is 12.1. The van der Waals surface area contributed by atoms with Gasteiger partial charge >= 0.3 is 0 Å². The maximum absolute atomic E-state index is 14.4. The number of nitrogens with one attached hydrogen (secondary N) is 1. The molecule has 5 rings (SSSR count). The zero-order valence-corrected chi connectivity index (χ0v) is 24.8. The minimum Gasteiger partial charge on any atom is -0.473 e. The number of nitrogen functional groups attached to an aromatic ring is 1. The number of carbonyl (C=O) groups is 1. The van der Waals surface area contributed by atoms with E-state index >= 15 is 0 Å².